The number of hydrogen-bond donors (Lipinski definition) is 1. The van der Waals surface area contributed by atoms with Crippen LogP contribution in [0.25, 0.3) is 0 Å². The monoisotopic (exact) mass is 193 g/mol. The van der Waals surface area contributed by atoms with Gasteiger partial charge in [-0.2, -0.15) is 0 Å². The first-order valence-corrected chi connectivity index (χ1v) is 5.68. The lowest BCUT2D eigenvalue weighted by Crippen LogP contribution is -2.16. The van der Waals surface area contributed by atoms with Crippen molar-refractivity contribution < 1.29 is 4.74 Å². The summed E-state index contributed by atoms with van der Waals surface area (Å²) >= 11 is 0. The van der Waals surface area contributed by atoms with Crippen molar-refractivity contribution in [2.24, 2.45) is 0 Å². The van der Waals surface area contributed by atoms with Crippen molar-refractivity contribution in [1.29, 1.82) is 0 Å². The first-order chi connectivity index (χ1) is 6.95. The summed E-state index contributed by atoms with van der Waals surface area (Å²) in [5, 5.41) is 3.48. The average molecular weight is 193 g/mol. The van der Waals surface area contributed by atoms with Crippen molar-refractivity contribution in [3.8, 4) is 0 Å². The summed E-state index contributed by atoms with van der Waals surface area (Å²) in [5.41, 5.74) is 0. The van der Waals surface area contributed by atoms with E-state index in [-0.39, 0.29) is 0 Å². The SMILES string of the molecule is C1=C(/C=C/CCNC2CC2)OCCC1. The van der Waals surface area contributed by atoms with Gasteiger partial charge in [0.1, 0.15) is 5.76 Å². The van der Waals surface area contributed by atoms with Gasteiger partial charge in [-0.15, -0.1) is 0 Å². The Morgan fingerprint density at radius 1 is 1.50 bits per heavy atom. The van der Waals surface area contributed by atoms with Crippen LogP contribution < -0.4 is 5.32 Å². The maximum Gasteiger partial charge on any atom is 0.114 e. The highest BCUT2D eigenvalue weighted by molar-refractivity contribution is 5.13. The van der Waals surface area contributed by atoms with Gasteiger partial charge in [-0.25, -0.2) is 0 Å². The molecule has 2 heteroatoms. The van der Waals surface area contributed by atoms with Crippen LogP contribution in [0.15, 0.2) is 24.0 Å². The molecule has 0 saturated heterocycles. The molecule has 0 aromatic heterocycles. The van der Waals surface area contributed by atoms with E-state index in [4.69, 9.17) is 4.74 Å². The Morgan fingerprint density at radius 2 is 2.43 bits per heavy atom. The lowest BCUT2D eigenvalue weighted by Gasteiger charge is -2.11. The van der Waals surface area contributed by atoms with Gasteiger partial charge in [0.2, 0.25) is 0 Å². The Labute approximate surface area is 86.0 Å². The minimum absolute atomic E-state index is 0.827. The fourth-order valence-corrected chi connectivity index (χ4v) is 1.55. The molecule has 0 aromatic carbocycles. The Morgan fingerprint density at radius 3 is 3.14 bits per heavy atom. The van der Waals surface area contributed by atoms with Crippen LogP contribution in [-0.2, 0) is 4.74 Å². The second kappa shape index (κ2) is 5.20. The summed E-state index contributed by atoms with van der Waals surface area (Å²) in [6, 6.07) is 0.827. The molecule has 0 amide bonds. The standard InChI is InChI=1S/C12H19NO/c1(3-9-13-11-7-8-11)5-12-6-2-4-10-14-12/h1,5-6,11,13H,2-4,7-10H2/b5-1+. The molecule has 1 heterocycles. The molecule has 0 unspecified atom stereocenters. The van der Waals surface area contributed by atoms with Crippen LogP contribution in [0.4, 0.5) is 0 Å². The highest BCUT2D eigenvalue weighted by atomic mass is 16.5. The zero-order valence-electron chi connectivity index (χ0n) is 8.67. The van der Waals surface area contributed by atoms with Gasteiger partial charge < -0.3 is 10.1 Å². The van der Waals surface area contributed by atoms with E-state index < -0.39 is 0 Å². The van der Waals surface area contributed by atoms with Gasteiger partial charge in [-0.3, -0.25) is 0 Å². The molecule has 2 rings (SSSR count). The average Bonchev–Trinajstić information content (AvgIpc) is 3.03. The summed E-state index contributed by atoms with van der Waals surface area (Å²) < 4.78 is 5.47. The Kier molecular flexibility index (Phi) is 3.64. The fourth-order valence-electron chi connectivity index (χ4n) is 1.55. The van der Waals surface area contributed by atoms with Gasteiger partial charge >= 0.3 is 0 Å². The molecular weight excluding hydrogens is 174 g/mol. The van der Waals surface area contributed by atoms with E-state index in [1.54, 1.807) is 0 Å². The molecule has 14 heavy (non-hydrogen) atoms. The van der Waals surface area contributed by atoms with Crippen molar-refractivity contribution >= 4 is 0 Å². The third-order valence-corrected chi connectivity index (χ3v) is 2.57. The maximum absolute atomic E-state index is 5.47. The van der Waals surface area contributed by atoms with Crippen molar-refractivity contribution in [2.45, 2.75) is 38.1 Å². The van der Waals surface area contributed by atoms with Crippen molar-refractivity contribution in [3.63, 3.8) is 0 Å². The zero-order chi connectivity index (χ0) is 9.64. The summed E-state index contributed by atoms with van der Waals surface area (Å²) in [6.45, 7) is 1.99. The number of allylic oxidation sites excluding steroid dienone is 2. The van der Waals surface area contributed by atoms with Gasteiger partial charge in [0.05, 0.1) is 6.61 Å². The minimum Gasteiger partial charge on any atom is -0.494 e. The predicted octanol–water partition coefficient (Wildman–Crippen LogP) is 2.38. The van der Waals surface area contributed by atoms with Gasteiger partial charge in [0, 0.05) is 6.04 Å². The molecule has 0 bridgehead atoms. The van der Waals surface area contributed by atoms with E-state index in [9.17, 15) is 0 Å². The van der Waals surface area contributed by atoms with Crippen molar-refractivity contribution in [1.82, 2.24) is 5.32 Å². The normalized spacial score (nSPS) is 22.1. The topological polar surface area (TPSA) is 21.3 Å². The maximum atomic E-state index is 5.47. The third-order valence-electron chi connectivity index (χ3n) is 2.57. The number of ether oxygens (including phenoxy) is 1. The zero-order valence-corrected chi connectivity index (χ0v) is 8.67. The van der Waals surface area contributed by atoms with Crippen molar-refractivity contribution in [3.05, 3.63) is 24.0 Å². The van der Waals surface area contributed by atoms with Crippen LogP contribution in [0.1, 0.15) is 32.1 Å². The van der Waals surface area contributed by atoms with Gasteiger partial charge in [0.25, 0.3) is 0 Å². The highest BCUT2D eigenvalue weighted by Crippen LogP contribution is 2.18. The molecule has 78 valence electrons. The number of nitrogens with one attached hydrogen (secondary N) is 1. The van der Waals surface area contributed by atoms with E-state index >= 15 is 0 Å². The molecule has 1 aliphatic carbocycles. The largest absolute Gasteiger partial charge is 0.494 e. The molecule has 1 aliphatic heterocycles. The van der Waals surface area contributed by atoms with Crippen LogP contribution in [0.2, 0.25) is 0 Å². The third kappa shape index (κ3) is 3.54. The Hall–Kier alpha value is -0.760. The van der Waals surface area contributed by atoms with E-state index in [2.05, 4.69) is 23.5 Å². The second-order valence-corrected chi connectivity index (χ2v) is 4.02. The first-order valence-electron chi connectivity index (χ1n) is 5.68. The molecule has 1 saturated carbocycles. The van der Waals surface area contributed by atoms with Gasteiger partial charge in [-0.1, -0.05) is 6.08 Å². The summed E-state index contributed by atoms with van der Waals surface area (Å²) in [5.74, 6) is 1.06. The van der Waals surface area contributed by atoms with Gasteiger partial charge in [-0.05, 0) is 50.8 Å². The predicted molar refractivity (Wildman–Crippen MR) is 58.1 cm³/mol. The summed E-state index contributed by atoms with van der Waals surface area (Å²) in [6.07, 6.45) is 12.7. The van der Waals surface area contributed by atoms with E-state index in [0.29, 0.717) is 0 Å². The first kappa shape index (κ1) is 9.78. The van der Waals surface area contributed by atoms with E-state index in [0.717, 1.165) is 31.4 Å². The van der Waals surface area contributed by atoms with Gasteiger partial charge in [0.15, 0.2) is 0 Å². The van der Waals surface area contributed by atoms with Crippen LogP contribution in [0.3, 0.4) is 0 Å². The molecule has 1 fully saturated rings. The molecule has 2 nitrogen and oxygen atoms in total. The fraction of sp³-hybridized carbons (Fsp3) is 0.667. The lowest BCUT2D eigenvalue weighted by atomic mass is 10.2. The molecule has 2 aliphatic rings. The molecule has 0 radical (unpaired) electrons. The molecule has 0 spiro atoms. The minimum atomic E-state index is 0.827. The Balaban J connectivity index is 1.58. The number of rotatable bonds is 5. The van der Waals surface area contributed by atoms with Crippen LogP contribution in [-0.4, -0.2) is 19.2 Å². The van der Waals surface area contributed by atoms with E-state index in [1.165, 1.54) is 25.7 Å². The number of hydrogen-bond acceptors (Lipinski definition) is 2. The molecule has 0 aromatic rings. The smallest absolute Gasteiger partial charge is 0.114 e. The quantitative estimate of drug-likeness (QED) is 0.677. The molecule has 0 atom stereocenters. The highest BCUT2D eigenvalue weighted by Gasteiger charge is 2.19. The summed E-state index contributed by atoms with van der Waals surface area (Å²) in [7, 11) is 0. The van der Waals surface area contributed by atoms with E-state index in [1.807, 2.05) is 0 Å². The van der Waals surface area contributed by atoms with Crippen molar-refractivity contribution in [2.75, 3.05) is 13.2 Å². The Bertz CT molecular complexity index is 228. The van der Waals surface area contributed by atoms with Crippen LogP contribution in [0.5, 0.6) is 0 Å². The second-order valence-electron chi connectivity index (χ2n) is 4.02. The van der Waals surface area contributed by atoms with Crippen LogP contribution in [0, 0.1) is 0 Å². The molecular formula is C12H19NO. The van der Waals surface area contributed by atoms with Crippen LogP contribution >= 0.6 is 0 Å². The lowest BCUT2D eigenvalue weighted by molar-refractivity contribution is 0.206. The molecule has 1 N–H and O–H groups in total. The summed E-state index contributed by atoms with van der Waals surface area (Å²) in [4.78, 5) is 0.